The third-order valence-corrected chi connectivity index (χ3v) is 4.69. The number of rotatable bonds is 4. The molecule has 0 bridgehead atoms. The van der Waals surface area contributed by atoms with Crippen LogP contribution in [0.5, 0.6) is 0 Å². The lowest BCUT2D eigenvalue weighted by molar-refractivity contribution is 0.0875. The second-order valence-electron chi connectivity index (χ2n) is 5.98. The van der Waals surface area contributed by atoms with Gasteiger partial charge in [-0.25, -0.2) is 0 Å². The van der Waals surface area contributed by atoms with Crippen LogP contribution >= 0.6 is 0 Å². The van der Waals surface area contributed by atoms with Crippen LogP contribution in [0.4, 0.5) is 0 Å². The Hall–Kier alpha value is -0.900. The van der Waals surface area contributed by atoms with Gasteiger partial charge in [-0.3, -0.25) is 9.80 Å². The third kappa shape index (κ3) is 2.99. The molecule has 1 aromatic carbocycles. The highest BCUT2D eigenvalue weighted by Crippen LogP contribution is 2.28. The predicted molar refractivity (Wildman–Crippen MR) is 79.0 cm³/mol. The maximum atomic E-state index is 6.42. The molecule has 1 saturated carbocycles. The maximum Gasteiger partial charge on any atom is 0.0450 e. The zero-order chi connectivity index (χ0) is 13.2. The molecular weight excluding hydrogens is 234 g/mol. The number of hydrogen-bond donors (Lipinski definition) is 1. The van der Waals surface area contributed by atoms with Crippen molar-refractivity contribution in [3.8, 4) is 0 Å². The van der Waals surface area contributed by atoms with Gasteiger partial charge >= 0.3 is 0 Å². The molecule has 2 atom stereocenters. The second kappa shape index (κ2) is 5.61. The summed E-state index contributed by atoms with van der Waals surface area (Å²) in [5.41, 5.74) is 7.67. The molecule has 1 aromatic rings. The van der Waals surface area contributed by atoms with Gasteiger partial charge in [-0.1, -0.05) is 30.3 Å². The van der Waals surface area contributed by atoms with Crippen molar-refractivity contribution in [1.82, 2.24) is 9.80 Å². The Kier molecular flexibility index (Phi) is 3.87. The minimum atomic E-state index is 0.119. The van der Waals surface area contributed by atoms with E-state index in [0.29, 0.717) is 6.04 Å². The van der Waals surface area contributed by atoms with E-state index in [1.165, 1.54) is 31.5 Å². The van der Waals surface area contributed by atoms with E-state index in [-0.39, 0.29) is 6.04 Å². The largest absolute Gasteiger partial charge is 0.323 e. The average molecular weight is 259 g/mol. The Morgan fingerprint density at radius 1 is 1.05 bits per heavy atom. The monoisotopic (exact) mass is 259 g/mol. The van der Waals surface area contributed by atoms with Crippen LogP contribution in [0.15, 0.2) is 30.3 Å². The summed E-state index contributed by atoms with van der Waals surface area (Å²) >= 11 is 0. The van der Waals surface area contributed by atoms with E-state index in [1.54, 1.807) is 0 Å². The first-order chi connectivity index (χ1) is 9.25. The quantitative estimate of drug-likeness (QED) is 0.896. The molecule has 0 aromatic heterocycles. The standard InChI is InChI=1S/C16H25N3/c1-13(16(17)14-5-3-2-4-6-14)18-9-11-19(12-10-18)15-7-8-15/h2-6,13,15-16H,7-12,17H2,1H3. The summed E-state index contributed by atoms with van der Waals surface area (Å²) in [5.74, 6) is 0. The van der Waals surface area contributed by atoms with Gasteiger partial charge < -0.3 is 5.73 Å². The summed E-state index contributed by atoms with van der Waals surface area (Å²) in [6.45, 7) is 7.04. The summed E-state index contributed by atoms with van der Waals surface area (Å²) in [4.78, 5) is 5.20. The van der Waals surface area contributed by atoms with Gasteiger partial charge in [0.05, 0.1) is 0 Å². The topological polar surface area (TPSA) is 32.5 Å². The maximum absolute atomic E-state index is 6.42. The Labute approximate surface area is 116 Å². The van der Waals surface area contributed by atoms with E-state index in [2.05, 4.69) is 47.1 Å². The van der Waals surface area contributed by atoms with Crippen LogP contribution in [0.2, 0.25) is 0 Å². The van der Waals surface area contributed by atoms with Gasteiger partial charge in [0, 0.05) is 44.3 Å². The molecule has 2 N–H and O–H groups in total. The fourth-order valence-electron chi connectivity index (χ4n) is 3.13. The highest BCUT2D eigenvalue weighted by Gasteiger charge is 2.33. The summed E-state index contributed by atoms with van der Waals surface area (Å²) < 4.78 is 0. The molecule has 0 spiro atoms. The first kappa shape index (κ1) is 13.1. The van der Waals surface area contributed by atoms with Crippen LogP contribution in [0.25, 0.3) is 0 Å². The van der Waals surface area contributed by atoms with Crippen molar-refractivity contribution in [3.63, 3.8) is 0 Å². The molecule has 1 saturated heterocycles. The SMILES string of the molecule is CC(C(N)c1ccccc1)N1CCN(C2CC2)CC1. The van der Waals surface area contributed by atoms with Gasteiger partial charge in [0.2, 0.25) is 0 Å². The Morgan fingerprint density at radius 3 is 2.26 bits per heavy atom. The third-order valence-electron chi connectivity index (χ3n) is 4.69. The molecule has 2 unspecified atom stereocenters. The number of benzene rings is 1. The predicted octanol–water partition coefficient (Wildman–Crippen LogP) is 1.85. The van der Waals surface area contributed by atoms with Crippen LogP contribution in [0.1, 0.15) is 31.4 Å². The van der Waals surface area contributed by atoms with E-state index in [1.807, 2.05) is 0 Å². The van der Waals surface area contributed by atoms with Crippen molar-refractivity contribution < 1.29 is 0 Å². The molecule has 1 heterocycles. The lowest BCUT2D eigenvalue weighted by Crippen LogP contribution is -2.52. The molecule has 2 fully saturated rings. The van der Waals surface area contributed by atoms with Crippen molar-refractivity contribution in [2.45, 2.75) is 37.9 Å². The van der Waals surface area contributed by atoms with Gasteiger partial charge in [0.1, 0.15) is 0 Å². The van der Waals surface area contributed by atoms with Crippen molar-refractivity contribution in [1.29, 1.82) is 0 Å². The van der Waals surface area contributed by atoms with Crippen molar-refractivity contribution in [2.75, 3.05) is 26.2 Å². The molecule has 3 rings (SSSR count). The first-order valence-electron chi connectivity index (χ1n) is 7.54. The molecule has 0 radical (unpaired) electrons. The van der Waals surface area contributed by atoms with E-state index < -0.39 is 0 Å². The van der Waals surface area contributed by atoms with Gasteiger partial charge in [-0.15, -0.1) is 0 Å². The van der Waals surface area contributed by atoms with Gasteiger partial charge in [0.25, 0.3) is 0 Å². The fourth-order valence-corrected chi connectivity index (χ4v) is 3.13. The smallest absolute Gasteiger partial charge is 0.0450 e. The average Bonchev–Trinajstić information content (AvgIpc) is 3.31. The van der Waals surface area contributed by atoms with Gasteiger partial charge in [-0.2, -0.15) is 0 Å². The molecule has 3 heteroatoms. The van der Waals surface area contributed by atoms with Crippen molar-refractivity contribution >= 4 is 0 Å². The van der Waals surface area contributed by atoms with Crippen LogP contribution < -0.4 is 5.73 Å². The van der Waals surface area contributed by atoms with Crippen molar-refractivity contribution in [3.05, 3.63) is 35.9 Å². The minimum absolute atomic E-state index is 0.119. The molecule has 19 heavy (non-hydrogen) atoms. The second-order valence-corrected chi connectivity index (χ2v) is 5.98. The van der Waals surface area contributed by atoms with Crippen LogP contribution in [-0.4, -0.2) is 48.1 Å². The first-order valence-corrected chi connectivity index (χ1v) is 7.54. The molecule has 104 valence electrons. The Morgan fingerprint density at radius 2 is 1.68 bits per heavy atom. The van der Waals surface area contributed by atoms with Crippen molar-refractivity contribution in [2.24, 2.45) is 5.73 Å². The zero-order valence-corrected chi connectivity index (χ0v) is 11.8. The van der Waals surface area contributed by atoms with Crippen LogP contribution in [-0.2, 0) is 0 Å². The molecule has 3 nitrogen and oxygen atoms in total. The number of nitrogens with zero attached hydrogens (tertiary/aromatic N) is 2. The molecule has 1 aliphatic heterocycles. The van der Waals surface area contributed by atoms with Crippen LogP contribution in [0.3, 0.4) is 0 Å². The van der Waals surface area contributed by atoms with E-state index in [9.17, 15) is 0 Å². The minimum Gasteiger partial charge on any atom is -0.323 e. The molecule has 0 amide bonds. The highest BCUT2D eigenvalue weighted by molar-refractivity contribution is 5.20. The van der Waals surface area contributed by atoms with E-state index in [4.69, 9.17) is 5.73 Å². The zero-order valence-electron chi connectivity index (χ0n) is 11.8. The number of nitrogens with two attached hydrogens (primary N) is 1. The lowest BCUT2D eigenvalue weighted by Gasteiger charge is -2.40. The number of piperazine rings is 1. The summed E-state index contributed by atoms with van der Waals surface area (Å²) in [6, 6.07) is 11.9. The molecule has 2 aliphatic rings. The van der Waals surface area contributed by atoms with E-state index >= 15 is 0 Å². The van der Waals surface area contributed by atoms with Gasteiger partial charge in [0.15, 0.2) is 0 Å². The normalized spacial score (nSPS) is 25.2. The molecule has 1 aliphatic carbocycles. The Balaban J connectivity index is 1.56. The summed E-state index contributed by atoms with van der Waals surface area (Å²) in [7, 11) is 0. The van der Waals surface area contributed by atoms with Crippen LogP contribution in [0, 0.1) is 0 Å². The number of hydrogen-bond acceptors (Lipinski definition) is 3. The Bertz CT molecular complexity index is 394. The summed E-state index contributed by atoms with van der Waals surface area (Å²) in [5, 5.41) is 0. The van der Waals surface area contributed by atoms with E-state index in [0.717, 1.165) is 19.1 Å². The van der Waals surface area contributed by atoms with Gasteiger partial charge in [-0.05, 0) is 25.3 Å². The summed E-state index contributed by atoms with van der Waals surface area (Å²) in [6.07, 6.45) is 2.83. The lowest BCUT2D eigenvalue weighted by atomic mass is 9.99. The highest BCUT2D eigenvalue weighted by atomic mass is 15.3. The fraction of sp³-hybridized carbons (Fsp3) is 0.625. The molecular formula is C16H25N3.